The minimum atomic E-state index is -0.149. The quantitative estimate of drug-likeness (QED) is 0.523. The van der Waals surface area contributed by atoms with Gasteiger partial charge >= 0.3 is 0 Å². The fourth-order valence-electron chi connectivity index (χ4n) is 3.38. The first-order chi connectivity index (χ1) is 14.1. The zero-order valence-corrected chi connectivity index (χ0v) is 17.4. The SMILES string of the molecule is CCN(CC)CC(C)C(=O)N(Cc1ccccc1)c1cc(-c2ccccc2)no1. The van der Waals surface area contributed by atoms with Crippen molar-refractivity contribution in [2.75, 3.05) is 24.5 Å². The third-order valence-electron chi connectivity index (χ3n) is 5.13. The van der Waals surface area contributed by atoms with E-state index in [4.69, 9.17) is 4.52 Å². The van der Waals surface area contributed by atoms with E-state index >= 15 is 0 Å². The molecule has 0 fully saturated rings. The minimum Gasteiger partial charge on any atom is -0.338 e. The average Bonchev–Trinajstić information content (AvgIpc) is 3.26. The molecule has 5 nitrogen and oxygen atoms in total. The first-order valence-electron chi connectivity index (χ1n) is 10.2. The zero-order chi connectivity index (χ0) is 20.6. The van der Waals surface area contributed by atoms with E-state index in [2.05, 4.69) is 23.9 Å². The highest BCUT2D eigenvalue weighted by atomic mass is 16.5. The van der Waals surface area contributed by atoms with Gasteiger partial charge in [0.05, 0.1) is 6.54 Å². The fraction of sp³-hybridized carbons (Fsp3) is 0.333. The van der Waals surface area contributed by atoms with Crippen LogP contribution >= 0.6 is 0 Å². The molecule has 0 spiro atoms. The van der Waals surface area contributed by atoms with Crippen molar-refractivity contribution in [2.45, 2.75) is 27.3 Å². The van der Waals surface area contributed by atoms with Gasteiger partial charge in [0.25, 0.3) is 0 Å². The molecule has 0 aliphatic heterocycles. The standard InChI is InChI=1S/C24H29N3O2/c1-4-26(5-2)17-19(3)24(28)27(18-20-12-8-6-9-13-20)23-16-22(25-29-23)21-14-10-7-11-15-21/h6-16,19H,4-5,17-18H2,1-3H3. The largest absolute Gasteiger partial charge is 0.338 e. The summed E-state index contributed by atoms with van der Waals surface area (Å²) >= 11 is 0. The maximum absolute atomic E-state index is 13.4. The summed E-state index contributed by atoms with van der Waals surface area (Å²) in [5, 5.41) is 4.20. The van der Waals surface area contributed by atoms with Crippen LogP contribution in [0.4, 0.5) is 5.88 Å². The van der Waals surface area contributed by atoms with Crippen molar-refractivity contribution < 1.29 is 9.32 Å². The van der Waals surface area contributed by atoms with E-state index in [1.807, 2.05) is 73.7 Å². The normalized spacial score (nSPS) is 12.1. The van der Waals surface area contributed by atoms with Crippen molar-refractivity contribution in [3.05, 3.63) is 72.3 Å². The van der Waals surface area contributed by atoms with Crippen LogP contribution in [0.5, 0.6) is 0 Å². The molecule has 1 atom stereocenters. The van der Waals surface area contributed by atoms with Gasteiger partial charge in [-0.25, -0.2) is 0 Å². The Balaban J connectivity index is 1.87. The predicted molar refractivity (Wildman–Crippen MR) is 117 cm³/mol. The van der Waals surface area contributed by atoms with Gasteiger partial charge in [0.15, 0.2) is 0 Å². The summed E-state index contributed by atoms with van der Waals surface area (Å²) in [7, 11) is 0. The van der Waals surface area contributed by atoms with Crippen LogP contribution in [0.2, 0.25) is 0 Å². The van der Waals surface area contributed by atoms with Gasteiger partial charge < -0.3 is 9.42 Å². The van der Waals surface area contributed by atoms with Gasteiger partial charge in [0, 0.05) is 24.1 Å². The molecule has 5 heteroatoms. The molecule has 0 radical (unpaired) electrons. The highest BCUT2D eigenvalue weighted by molar-refractivity contribution is 5.94. The van der Waals surface area contributed by atoms with Crippen molar-refractivity contribution in [2.24, 2.45) is 5.92 Å². The number of carbonyl (C=O) groups excluding carboxylic acids is 1. The minimum absolute atomic E-state index is 0.0384. The van der Waals surface area contributed by atoms with E-state index in [1.54, 1.807) is 4.90 Å². The second-order valence-electron chi connectivity index (χ2n) is 7.21. The number of benzene rings is 2. The van der Waals surface area contributed by atoms with Gasteiger partial charge in [0.2, 0.25) is 11.8 Å². The summed E-state index contributed by atoms with van der Waals surface area (Å²) in [6.45, 7) is 9.23. The number of hydrogen-bond donors (Lipinski definition) is 0. The molecular formula is C24H29N3O2. The van der Waals surface area contributed by atoms with Crippen LogP contribution < -0.4 is 4.90 Å². The molecule has 0 saturated heterocycles. The van der Waals surface area contributed by atoms with Crippen LogP contribution in [0.15, 0.2) is 71.3 Å². The zero-order valence-electron chi connectivity index (χ0n) is 17.4. The Morgan fingerprint density at radius 1 is 1.00 bits per heavy atom. The molecule has 1 heterocycles. The monoisotopic (exact) mass is 391 g/mol. The van der Waals surface area contributed by atoms with Crippen LogP contribution in [0.1, 0.15) is 26.3 Å². The lowest BCUT2D eigenvalue weighted by atomic mass is 10.1. The summed E-state index contributed by atoms with van der Waals surface area (Å²) in [6.07, 6.45) is 0. The van der Waals surface area contributed by atoms with Gasteiger partial charge in [-0.2, -0.15) is 0 Å². The molecule has 0 N–H and O–H groups in total. The van der Waals surface area contributed by atoms with Crippen LogP contribution in [-0.2, 0) is 11.3 Å². The number of aromatic nitrogens is 1. The molecule has 152 valence electrons. The van der Waals surface area contributed by atoms with Crippen LogP contribution in [0.3, 0.4) is 0 Å². The molecule has 0 aliphatic carbocycles. The molecule has 1 aromatic heterocycles. The summed E-state index contributed by atoms with van der Waals surface area (Å²) in [5.41, 5.74) is 2.74. The lowest BCUT2D eigenvalue weighted by Crippen LogP contribution is -2.40. The lowest BCUT2D eigenvalue weighted by molar-refractivity contribution is -0.122. The summed E-state index contributed by atoms with van der Waals surface area (Å²) in [4.78, 5) is 17.3. The Kier molecular flexibility index (Phi) is 7.19. The highest BCUT2D eigenvalue weighted by Crippen LogP contribution is 2.26. The third-order valence-corrected chi connectivity index (χ3v) is 5.13. The Hall–Kier alpha value is -2.92. The van der Waals surface area contributed by atoms with Gasteiger partial charge in [0.1, 0.15) is 5.69 Å². The Morgan fingerprint density at radius 3 is 2.24 bits per heavy atom. The number of hydrogen-bond acceptors (Lipinski definition) is 4. The fourth-order valence-corrected chi connectivity index (χ4v) is 3.38. The Bertz CT molecular complexity index is 889. The van der Waals surface area contributed by atoms with E-state index in [0.29, 0.717) is 12.4 Å². The summed E-state index contributed by atoms with van der Waals surface area (Å²) in [6, 6.07) is 21.7. The smallest absolute Gasteiger partial charge is 0.234 e. The van der Waals surface area contributed by atoms with Crippen molar-refractivity contribution in [3.63, 3.8) is 0 Å². The second kappa shape index (κ2) is 10.0. The molecule has 0 bridgehead atoms. The topological polar surface area (TPSA) is 49.6 Å². The molecular weight excluding hydrogens is 362 g/mol. The highest BCUT2D eigenvalue weighted by Gasteiger charge is 2.26. The van der Waals surface area contributed by atoms with E-state index < -0.39 is 0 Å². The number of nitrogens with zero attached hydrogens (tertiary/aromatic N) is 3. The number of carbonyl (C=O) groups is 1. The van der Waals surface area contributed by atoms with Gasteiger partial charge in [-0.05, 0) is 18.7 Å². The average molecular weight is 392 g/mol. The first-order valence-corrected chi connectivity index (χ1v) is 10.2. The van der Waals surface area contributed by atoms with Crippen LogP contribution in [0.25, 0.3) is 11.3 Å². The number of rotatable bonds is 9. The van der Waals surface area contributed by atoms with Crippen LogP contribution in [0, 0.1) is 5.92 Å². The van der Waals surface area contributed by atoms with Crippen molar-refractivity contribution >= 4 is 11.8 Å². The molecule has 1 amide bonds. The molecule has 2 aromatic carbocycles. The lowest BCUT2D eigenvalue weighted by Gasteiger charge is -2.27. The molecule has 1 unspecified atom stereocenters. The first kappa shape index (κ1) is 20.8. The maximum Gasteiger partial charge on any atom is 0.234 e. The Labute approximate surface area is 172 Å². The molecule has 0 saturated carbocycles. The predicted octanol–water partition coefficient (Wildman–Crippen LogP) is 4.85. The van der Waals surface area contributed by atoms with E-state index in [1.165, 1.54) is 0 Å². The van der Waals surface area contributed by atoms with Crippen molar-refractivity contribution in [1.29, 1.82) is 0 Å². The molecule has 29 heavy (non-hydrogen) atoms. The van der Waals surface area contributed by atoms with Gasteiger partial charge in [-0.3, -0.25) is 9.69 Å². The molecule has 3 rings (SSSR count). The summed E-state index contributed by atoms with van der Waals surface area (Å²) in [5.74, 6) is 0.365. The molecule has 0 aliphatic rings. The number of anilines is 1. The second-order valence-corrected chi connectivity index (χ2v) is 7.21. The molecule has 3 aromatic rings. The maximum atomic E-state index is 13.4. The Morgan fingerprint density at radius 2 is 1.62 bits per heavy atom. The summed E-state index contributed by atoms with van der Waals surface area (Å²) < 4.78 is 5.62. The van der Waals surface area contributed by atoms with Gasteiger partial charge in [-0.1, -0.05) is 86.6 Å². The third kappa shape index (κ3) is 5.33. The van der Waals surface area contributed by atoms with E-state index in [9.17, 15) is 4.79 Å². The van der Waals surface area contributed by atoms with Crippen molar-refractivity contribution in [1.82, 2.24) is 10.1 Å². The van der Waals surface area contributed by atoms with E-state index in [0.717, 1.165) is 36.5 Å². The number of amides is 1. The van der Waals surface area contributed by atoms with Gasteiger partial charge in [-0.15, -0.1) is 0 Å². The van der Waals surface area contributed by atoms with E-state index in [-0.39, 0.29) is 11.8 Å². The van der Waals surface area contributed by atoms with Crippen LogP contribution in [-0.4, -0.2) is 35.6 Å². The van der Waals surface area contributed by atoms with Crippen molar-refractivity contribution in [3.8, 4) is 11.3 Å².